The highest BCUT2D eigenvalue weighted by Gasteiger charge is 2.33. The molecule has 3 atom stereocenters. The molecule has 0 bridgehead atoms. The summed E-state index contributed by atoms with van der Waals surface area (Å²) in [4.78, 5) is 24.4. The largest absolute Gasteiger partial charge is 0.465 e. The molecular formula is C21H44O5. The lowest BCUT2D eigenvalue weighted by Crippen LogP contribution is -2.33. The number of aliphatic hydroxyl groups excluding tert-OH is 1. The Morgan fingerprint density at radius 3 is 1.77 bits per heavy atom. The second-order valence-electron chi connectivity index (χ2n) is 6.58. The summed E-state index contributed by atoms with van der Waals surface area (Å²) in [5.41, 5.74) is 0. The average molecular weight is 377 g/mol. The predicted molar refractivity (Wildman–Crippen MR) is 108 cm³/mol. The highest BCUT2D eigenvalue weighted by molar-refractivity contribution is 5.81. The summed E-state index contributed by atoms with van der Waals surface area (Å²) in [6, 6.07) is 0. The molecule has 0 aliphatic carbocycles. The normalized spacial score (nSPS) is 13.6. The van der Waals surface area contributed by atoms with Gasteiger partial charge in [-0.25, -0.2) is 0 Å². The third-order valence-corrected chi connectivity index (χ3v) is 4.11. The van der Waals surface area contributed by atoms with Crippen LogP contribution in [0.25, 0.3) is 0 Å². The van der Waals surface area contributed by atoms with Crippen LogP contribution in [0.4, 0.5) is 0 Å². The van der Waals surface area contributed by atoms with E-state index in [1.54, 1.807) is 13.8 Å². The Kier molecular flexibility index (Phi) is 21.3. The van der Waals surface area contributed by atoms with Crippen LogP contribution in [0.3, 0.4) is 0 Å². The molecule has 0 saturated heterocycles. The van der Waals surface area contributed by atoms with Crippen molar-refractivity contribution in [2.24, 2.45) is 11.8 Å². The van der Waals surface area contributed by atoms with Crippen molar-refractivity contribution in [2.45, 2.75) is 100 Å². The first kappa shape index (κ1) is 29.7. The van der Waals surface area contributed by atoms with Gasteiger partial charge in [0, 0.05) is 0 Å². The molecular weight excluding hydrogens is 332 g/mol. The Bertz CT molecular complexity index is 341. The quantitative estimate of drug-likeness (QED) is 0.336. The summed E-state index contributed by atoms with van der Waals surface area (Å²) in [5, 5.41) is 9.63. The minimum Gasteiger partial charge on any atom is -0.465 e. The molecule has 0 aromatic heterocycles. The Hall–Kier alpha value is -1.10. The van der Waals surface area contributed by atoms with Gasteiger partial charge in [0.25, 0.3) is 0 Å². The third-order valence-electron chi connectivity index (χ3n) is 4.11. The van der Waals surface area contributed by atoms with Gasteiger partial charge >= 0.3 is 11.9 Å². The lowest BCUT2D eigenvalue weighted by Gasteiger charge is -2.22. The summed E-state index contributed by atoms with van der Waals surface area (Å²) in [7, 11) is 0. The molecule has 0 aliphatic rings. The van der Waals surface area contributed by atoms with Crippen LogP contribution in [-0.4, -0.2) is 36.4 Å². The average Bonchev–Trinajstić information content (AvgIpc) is 2.55. The SMILES string of the molecule is C.C.CCCCCCOC(=O)C(CC(C)O)C(C)C(=O)OCCCCC. The molecule has 3 unspecified atom stereocenters. The van der Waals surface area contributed by atoms with Crippen LogP contribution in [0.2, 0.25) is 0 Å². The zero-order valence-corrected chi connectivity index (χ0v) is 15.9. The van der Waals surface area contributed by atoms with Crippen molar-refractivity contribution in [3.8, 4) is 0 Å². The van der Waals surface area contributed by atoms with Gasteiger partial charge in [0.1, 0.15) is 0 Å². The highest BCUT2D eigenvalue weighted by Crippen LogP contribution is 2.21. The van der Waals surface area contributed by atoms with Gasteiger partial charge in [-0.3, -0.25) is 9.59 Å². The number of carbonyl (C=O) groups excluding carboxylic acids is 2. The molecule has 1 N–H and O–H groups in total. The van der Waals surface area contributed by atoms with Crippen molar-refractivity contribution >= 4 is 11.9 Å². The summed E-state index contributed by atoms with van der Waals surface area (Å²) >= 11 is 0. The Morgan fingerprint density at radius 2 is 1.27 bits per heavy atom. The molecule has 0 saturated carbocycles. The zero-order chi connectivity index (χ0) is 18.4. The fourth-order valence-electron chi connectivity index (χ4n) is 2.50. The molecule has 5 nitrogen and oxygen atoms in total. The van der Waals surface area contributed by atoms with Crippen LogP contribution in [0.15, 0.2) is 0 Å². The van der Waals surface area contributed by atoms with Crippen molar-refractivity contribution in [1.29, 1.82) is 0 Å². The van der Waals surface area contributed by atoms with Gasteiger partial charge in [0.15, 0.2) is 0 Å². The molecule has 0 aliphatic heterocycles. The fraction of sp³-hybridized carbons (Fsp3) is 0.905. The van der Waals surface area contributed by atoms with Crippen molar-refractivity contribution in [1.82, 2.24) is 0 Å². The van der Waals surface area contributed by atoms with Crippen LogP contribution in [0.5, 0.6) is 0 Å². The van der Waals surface area contributed by atoms with Gasteiger partial charge in [-0.05, 0) is 26.2 Å². The number of ether oxygens (including phenoxy) is 2. The number of hydrogen-bond donors (Lipinski definition) is 1. The van der Waals surface area contributed by atoms with Crippen molar-refractivity contribution in [2.75, 3.05) is 13.2 Å². The monoisotopic (exact) mass is 376 g/mol. The van der Waals surface area contributed by atoms with Crippen LogP contribution in [-0.2, 0) is 19.1 Å². The molecule has 0 heterocycles. The maximum atomic E-state index is 12.3. The minimum atomic E-state index is -0.669. The maximum absolute atomic E-state index is 12.3. The molecule has 0 radical (unpaired) electrons. The predicted octanol–water partition coefficient (Wildman–Crippen LogP) is 5.14. The number of esters is 2. The van der Waals surface area contributed by atoms with E-state index in [4.69, 9.17) is 9.47 Å². The van der Waals surface area contributed by atoms with Crippen LogP contribution in [0, 0.1) is 11.8 Å². The number of aliphatic hydroxyl groups is 1. The lowest BCUT2D eigenvalue weighted by molar-refractivity contribution is -0.161. The summed E-state index contributed by atoms with van der Waals surface area (Å²) in [6.45, 7) is 8.24. The number of unbranched alkanes of at least 4 members (excludes halogenated alkanes) is 5. The van der Waals surface area contributed by atoms with Crippen molar-refractivity contribution < 1.29 is 24.2 Å². The zero-order valence-electron chi connectivity index (χ0n) is 15.9. The van der Waals surface area contributed by atoms with E-state index in [9.17, 15) is 14.7 Å². The second-order valence-corrected chi connectivity index (χ2v) is 6.58. The molecule has 0 fully saturated rings. The third kappa shape index (κ3) is 14.1. The minimum absolute atomic E-state index is 0. The smallest absolute Gasteiger partial charge is 0.309 e. The van der Waals surface area contributed by atoms with Gasteiger partial charge in [0.2, 0.25) is 0 Å². The first-order valence-electron chi connectivity index (χ1n) is 9.45. The lowest BCUT2D eigenvalue weighted by atomic mass is 9.89. The van der Waals surface area contributed by atoms with E-state index in [1.807, 2.05) is 0 Å². The molecule has 26 heavy (non-hydrogen) atoms. The van der Waals surface area contributed by atoms with Gasteiger partial charge in [-0.2, -0.15) is 0 Å². The Labute approximate surface area is 161 Å². The van der Waals surface area contributed by atoms with Gasteiger partial charge in [-0.15, -0.1) is 0 Å². The number of hydrogen-bond acceptors (Lipinski definition) is 5. The molecule has 0 aromatic rings. The first-order valence-corrected chi connectivity index (χ1v) is 9.45. The first-order chi connectivity index (χ1) is 11.4. The Balaban J connectivity index is -0.00000264. The molecule has 0 rings (SSSR count). The van der Waals surface area contributed by atoms with Crippen LogP contribution in [0.1, 0.15) is 93.9 Å². The molecule has 0 spiro atoms. The van der Waals surface area contributed by atoms with E-state index >= 15 is 0 Å². The summed E-state index contributed by atoms with van der Waals surface area (Å²) in [5.74, 6) is -2.07. The topological polar surface area (TPSA) is 72.8 Å². The van der Waals surface area contributed by atoms with E-state index < -0.39 is 23.9 Å². The van der Waals surface area contributed by atoms with E-state index in [0.29, 0.717) is 13.2 Å². The van der Waals surface area contributed by atoms with E-state index in [-0.39, 0.29) is 27.2 Å². The molecule has 0 amide bonds. The van der Waals surface area contributed by atoms with Crippen LogP contribution < -0.4 is 0 Å². The van der Waals surface area contributed by atoms with E-state index in [1.165, 1.54) is 0 Å². The van der Waals surface area contributed by atoms with E-state index in [2.05, 4.69) is 13.8 Å². The second kappa shape index (κ2) is 18.7. The van der Waals surface area contributed by atoms with Gasteiger partial charge in [0.05, 0.1) is 31.2 Å². The van der Waals surface area contributed by atoms with E-state index in [0.717, 1.165) is 44.9 Å². The summed E-state index contributed by atoms with van der Waals surface area (Å²) in [6.07, 6.45) is 6.54. The fourth-order valence-corrected chi connectivity index (χ4v) is 2.50. The molecule has 0 aromatic carbocycles. The van der Waals surface area contributed by atoms with Crippen molar-refractivity contribution in [3.63, 3.8) is 0 Å². The maximum Gasteiger partial charge on any atom is 0.309 e. The number of rotatable bonds is 14. The molecule has 158 valence electrons. The van der Waals surface area contributed by atoms with Crippen LogP contribution >= 0.6 is 0 Å². The standard InChI is InChI=1S/C19H36O5.2CH4/c1-5-7-9-11-13-24-19(22)17(14-15(3)20)16(4)18(21)23-12-10-8-6-2;;/h15-17,20H,5-14H2,1-4H3;2*1H4. The molecule has 5 heteroatoms. The number of carbonyl (C=O) groups is 2. The summed E-state index contributed by atoms with van der Waals surface area (Å²) < 4.78 is 10.6. The Morgan fingerprint density at radius 1 is 0.808 bits per heavy atom. The van der Waals surface area contributed by atoms with Gasteiger partial charge < -0.3 is 14.6 Å². The van der Waals surface area contributed by atoms with Crippen molar-refractivity contribution in [3.05, 3.63) is 0 Å². The van der Waals surface area contributed by atoms with Gasteiger partial charge in [-0.1, -0.05) is 67.7 Å². The highest BCUT2D eigenvalue weighted by atomic mass is 16.5.